The predicted molar refractivity (Wildman–Crippen MR) is 51.8 cm³/mol. The van der Waals surface area contributed by atoms with Gasteiger partial charge in [-0.15, -0.1) is 0 Å². The van der Waals surface area contributed by atoms with Crippen LogP contribution in [-0.4, -0.2) is 10.4 Å². The zero-order chi connectivity index (χ0) is 9.59. The quantitative estimate of drug-likeness (QED) is 0.646. The molecule has 0 amide bonds. The van der Waals surface area contributed by atoms with Gasteiger partial charge in [0.05, 0.1) is 5.69 Å². The second-order valence-electron chi connectivity index (χ2n) is 4.18. The molecule has 0 fully saturated rings. The van der Waals surface area contributed by atoms with Crippen molar-refractivity contribution >= 4 is 5.78 Å². The molecule has 0 radical (unpaired) electrons. The van der Waals surface area contributed by atoms with Crippen LogP contribution in [0.5, 0.6) is 0 Å². The third kappa shape index (κ3) is 1.05. The van der Waals surface area contributed by atoms with Gasteiger partial charge in [-0.3, -0.25) is 4.79 Å². The highest BCUT2D eigenvalue weighted by atomic mass is 16.1. The van der Waals surface area contributed by atoms with E-state index < -0.39 is 0 Å². The number of aromatic nitrogens is 1. The number of ketones is 1. The molecule has 13 heavy (non-hydrogen) atoms. The summed E-state index contributed by atoms with van der Waals surface area (Å²) in [5, 5.41) is 0. The van der Waals surface area contributed by atoms with Crippen LogP contribution in [0.15, 0.2) is 18.3 Å². The first-order chi connectivity index (χ1) is 6.13. The van der Waals surface area contributed by atoms with Gasteiger partial charge in [-0.25, -0.2) is 0 Å². The van der Waals surface area contributed by atoms with Crippen LogP contribution in [0, 0.1) is 11.8 Å². The number of rotatable bonds is 1. The first kappa shape index (κ1) is 8.54. The van der Waals surface area contributed by atoms with E-state index in [0.29, 0.717) is 17.7 Å². The highest BCUT2D eigenvalue weighted by Gasteiger charge is 2.37. The fourth-order valence-electron chi connectivity index (χ4n) is 2.38. The van der Waals surface area contributed by atoms with Crippen LogP contribution in [0.4, 0.5) is 0 Å². The third-order valence-electron chi connectivity index (χ3n) is 3.01. The second kappa shape index (κ2) is 2.72. The maximum atomic E-state index is 11.9. The first-order valence-corrected chi connectivity index (χ1v) is 4.84. The molecule has 0 bridgehead atoms. The van der Waals surface area contributed by atoms with Crippen molar-refractivity contribution in [2.45, 2.75) is 26.8 Å². The molecular weight excluding hydrogens is 162 g/mol. The van der Waals surface area contributed by atoms with Gasteiger partial charge in [0.1, 0.15) is 0 Å². The lowest BCUT2D eigenvalue weighted by molar-refractivity contribution is 0.0887. The average Bonchev–Trinajstić information content (AvgIpc) is 2.56. The summed E-state index contributed by atoms with van der Waals surface area (Å²) in [6, 6.07) is 4.19. The molecule has 1 aliphatic rings. The molecule has 0 spiro atoms. The molecule has 0 saturated carbocycles. The molecular formula is C11H15NO. The Hall–Kier alpha value is -1.05. The minimum atomic E-state index is 0.177. The van der Waals surface area contributed by atoms with Gasteiger partial charge in [-0.2, -0.15) is 0 Å². The largest absolute Gasteiger partial charge is 0.342 e. The zero-order valence-corrected chi connectivity index (χ0v) is 8.32. The molecule has 1 aromatic heterocycles. The fraction of sp³-hybridized carbons (Fsp3) is 0.545. The van der Waals surface area contributed by atoms with Gasteiger partial charge >= 0.3 is 0 Å². The van der Waals surface area contributed by atoms with E-state index in [-0.39, 0.29) is 5.92 Å². The highest BCUT2D eigenvalue weighted by Crippen LogP contribution is 2.35. The van der Waals surface area contributed by atoms with E-state index in [1.807, 2.05) is 18.3 Å². The van der Waals surface area contributed by atoms with Crippen LogP contribution in [0.2, 0.25) is 0 Å². The fourth-order valence-corrected chi connectivity index (χ4v) is 2.38. The molecule has 70 valence electrons. The van der Waals surface area contributed by atoms with Gasteiger partial charge < -0.3 is 4.57 Å². The molecule has 1 aromatic rings. The van der Waals surface area contributed by atoms with Gasteiger partial charge in [0.15, 0.2) is 5.78 Å². The number of carbonyl (C=O) groups is 1. The van der Waals surface area contributed by atoms with Crippen LogP contribution < -0.4 is 0 Å². The molecule has 2 atom stereocenters. The van der Waals surface area contributed by atoms with Crippen LogP contribution in [0.1, 0.15) is 37.3 Å². The molecule has 0 aromatic carbocycles. The third-order valence-corrected chi connectivity index (χ3v) is 3.01. The Labute approximate surface area is 78.6 Å². The molecule has 0 N–H and O–H groups in total. The Kier molecular flexibility index (Phi) is 1.79. The minimum absolute atomic E-state index is 0.177. The van der Waals surface area contributed by atoms with E-state index in [4.69, 9.17) is 0 Å². The van der Waals surface area contributed by atoms with Crippen LogP contribution in [0.25, 0.3) is 0 Å². The normalized spacial score (nSPS) is 26.9. The van der Waals surface area contributed by atoms with Crippen molar-refractivity contribution in [2.24, 2.45) is 11.8 Å². The van der Waals surface area contributed by atoms with Crippen molar-refractivity contribution in [1.82, 2.24) is 4.57 Å². The Balaban J connectivity index is 2.43. The SMILES string of the molecule is CC(C)C1C(=O)c2cccn2C1C. The number of nitrogens with zero attached hydrogens (tertiary/aromatic N) is 1. The Morgan fingerprint density at radius 3 is 2.69 bits per heavy atom. The number of hydrogen-bond acceptors (Lipinski definition) is 1. The summed E-state index contributed by atoms with van der Waals surface area (Å²) in [6.07, 6.45) is 2.00. The van der Waals surface area contributed by atoms with E-state index in [1.54, 1.807) is 0 Å². The second-order valence-corrected chi connectivity index (χ2v) is 4.18. The minimum Gasteiger partial charge on any atom is -0.342 e. The van der Waals surface area contributed by atoms with E-state index in [0.717, 1.165) is 5.69 Å². The molecule has 2 rings (SSSR count). The van der Waals surface area contributed by atoms with Crippen molar-refractivity contribution in [3.63, 3.8) is 0 Å². The summed E-state index contributed by atoms with van der Waals surface area (Å²) >= 11 is 0. The van der Waals surface area contributed by atoms with Gasteiger partial charge in [0.25, 0.3) is 0 Å². The van der Waals surface area contributed by atoms with E-state index in [9.17, 15) is 4.79 Å². The van der Waals surface area contributed by atoms with Gasteiger partial charge in [-0.1, -0.05) is 13.8 Å². The lowest BCUT2D eigenvalue weighted by Gasteiger charge is -2.18. The van der Waals surface area contributed by atoms with Crippen molar-refractivity contribution in [2.75, 3.05) is 0 Å². The van der Waals surface area contributed by atoms with Crippen molar-refractivity contribution in [3.8, 4) is 0 Å². The lowest BCUT2D eigenvalue weighted by atomic mass is 9.87. The summed E-state index contributed by atoms with van der Waals surface area (Å²) in [4.78, 5) is 11.9. The molecule has 1 aliphatic heterocycles. The Morgan fingerprint density at radius 1 is 1.46 bits per heavy atom. The maximum Gasteiger partial charge on any atom is 0.184 e. The summed E-state index contributed by atoms with van der Waals surface area (Å²) < 4.78 is 2.09. The molecule has 0 saturated heterocycles. The number of Topliss-reactive ketones (excluding diaryl/α,β-unsaturated/α-hetero) is 1. The monoisotopic (exact) mass is 177 g/mol. The van der Waals surface area contributed by atoms with Crippen molar-refractivity contribution < 1.29 is 4.79 Å². The van der Waals surface area contributed by atoms with Gasteiger partial charge in [-0.05, 0) is 25.0 Å². The standard InChI is InChI=1S/C11H15NO/c1-7(2)10-8(3)12-6-4-5-9(12)11(10)13/h4-8,10H,1-3H3. The smallest absolute Gasteiger partial charge is 0.184 e. The summed E-state index contributed by atoms with van der Waals surface area (Å²) in [6.45, 7) is 6.36. The van der Waals surface area contributed by atoms with Crippen LogP contribution >= 0.6 is 0 Å². The maximum absolute atomic E-state index is 11.9. The lowest BCUT2D eigenvalue weighted by Crippen LogP contribution is -2.19. The number of fused-ring (bicyclic) bond motifs is 1. The van der Waals surface area contributed by atoms with E-state index in [1.165, 1.54) is 0 Å². The van der Waals surface area contributed by atoms with Crippen molar-refractivity contribution in [3.05, 3.63) is 24.0 Å². The summed E-state index contributed by atoms with van der Waals surface area (Å²) in [5.41, 5.74) is 0.881. The van der Waals surface area contributed by atoms with Gasteiger partial charge in [0, 0.05) is 18.2 Å². The molecule has 0 aliphatic carbocycles. The Morgan fingerprint density at radius 2 is 2.15 bits per heavy atom. The van der Waals surface area contributed by atoms with Crippen LogP contribution in [0.3, 0.4) is 0 Å². The molecule has 2 heteroatoms. The van der Waals surface area contributed by atoms with E-state index in [2.05, 4.69) is 25.3 Å². The Bertz CT molecular complexity index is 338. The molecule has 2 nitrogen and oxygen atoms in total. The van der Waals surface area contributed by atoms with Crippen molar-refractivity contribution in [1.29, 1.82) is 0 Å². The average molecular weight is 177 g/mol. The predicted octanol–water partition coefficient (Wildman–Crippen LogP) is 2.52. The van der Waals surface area contributed by atoms with E-state index >= 15 is 0 Å². The molecule has 2 heterocycles. The summed E-state index contributed by atoms with van der Waals surface area (Å²) in [5.74, 6) is 0.922. The highest BCUT2D eigenvalue weighted by molar-refractivity contribution is 5.99. The summed E-state index contributed by atoms with van der Waals surface area (Å²) in [7, 11) is 0. The number of carbonyl (C=O) groups excluding carboxylic acids is 1. The topological polar surface area (TPSA) is 22.0 Å². The molecule has 2 unspecified atom stereocenters. The first-order valence-electron chi connectivity index (χ1n) is 4.84. The number of hydrogen-bond donors (Lipinski definition) is 0. The van der Waals surface area contributed by atoms with Gasteiger partial charge in [0.2, 0.25) is 0 Å². The zero-order valence-electron chi connectivity index (χ0n) is 8.32. The van der Waals surface area contributed by atoms with Crippen LogP contribution in [-0.2, 0) is 0 Å².